The van der Waals surface area contributed by atoms with Crippen LogP contribution in [0.1, 0.15) is 12.8 Å². The van der Waals surface area contributed by atoms with Gasteiger partial charge in [-0.2, -0.15) is 0 Å². The van der Waals surface area contributed by atoms with Gasteiger partial charge in [0.2, 0.25) is 0 Å². The number of hydrogen-bond acceptors (Lipinski definition) is 4. The molecule has 3 N–H and O–H groups in total. The molecule has 0 saturated heterocycles. The van der Waals surface area contributed by atoms with Crippen molar-refractivity contribution in [2.75, 3.05) is 0 Å². The van der Waals surface area contributed by atoms with Crippen molar-refractivity contribution in [3.05, 3.63) is 0 Å². The van der Waals surface area contributed by atoms with Crippen molar-refractivity contribution in [3.63, 3.8) is 0 Å². The molecule has 0 aromatic rings. The number of phosphoric ester groups is 1. The molecule has 0 heterocycles. The molecular weight excluding hydrogens is 175 g/mol. The molecule has 11 heavy (non-hydrogen) atoms. The molecule has 1 aliphatic rings. The Morgan fingerprint density at radius 2 is 1.91 bits per heavy atom. The monoisotopic (exact) mass is 182 g/mol. The Morgan fingerprint density at radius 1 is 1.45 bits per heavy atom. The minimum atomic E-state index is -4.79. The summed E-state index contributed by atoms with van der Waals surface area (Å²) in [5.74, 6) is -1.24. The topological polar surface area (TPSA) is 104 Å². The molecule has 0 amide bonds. The van der Waals surface area contributed by atoms with Crippen LogP contribution < -0.4 is 0 Å². The largest absolute Gasteiger partial charge is 0.527 e. The number of rotatable bonds is 2. The fourth-order valence-corrected chi connectivity index (χ4v) is 0.901. The molecule has 6 nitrogen and oxygen atoms in total. The van der Waals surface area contributed by atoms with E-state index in [9.17, 15) is 9.36 Å². The van der Waals surface area contributed by atoms with Crippen LogP contribution in [0.4, 0.5) is 0 Å². The van der Waals surface area contributed by atoms with E-state index >= 15 is 0 Å². The van der Waals surface area contributed by atoms with E-state index in [2.05, 4.69) is 4.52 Å². The Hall–Kier alpha value is -0.420. The Morgan fingerprint density at radius 3 is 2.18 bits per heavy atom. The Balaban J connectivity index is 2.51. The maximum atomic E-state index is 10.6. The lowest BCUT2D eigenvalue weighted by Gasteiger charge is -2.07. The van der Waals surface area contributed by atoms with Gasteiger partial charge in [0, 0.05) is 0 Å². The predicted octanol–water partition coefficient (Wildman–Crippen LogP) is -0.853. The van der Waals surface area contributed by atoms with Gasteiger partial charge in [0.25, 0.3) is 0 Å². The second-order valence-electron chi connectivity index (χ2n) is 2.40. The summed E-state index contributed by atoms with van der Waals surface area (Å²) in [6, 6.07) is 0. The van der Waals surface area contributed by atoms with E-state index in [0.29, 0.717) is 0 Å². The predicted molar refractivity (Wildman–Crippen MR) is 32.3 cm³/mol. The number of carbonyl (C=O) groups excluding carboxylic acids is 1. The maximum absolute atomic E-state index is 10.6. The second kappa shape index (κ2) is 2.28. The summed E-state index contributed by atoms with van der Waals surface area (Å²) >= 11 is 0. The van der Waals surface area contributed by atoms with Crippen molar-refractivity contribution >= 4 is 13.8 Å². The lowest BCUT2D eigenvalue weighted by Crippen LogP contribution is -2.23. The van der Waals surface area contributed by atoms with Gasteiger partial charge in [0.05, 0.1) is 0 Å². The molecule has 0 spiro atoms. The van der Waals surface area contributed by atoms with E-state index in [4.69, 9.17) is 14.9 Å². The van der Waals surface area contributed by atoms with Crippen molar-refractivity contribution in [1.82, 2.24) is 0 Å². The second-order valence-corrected chi connectivity index (χ2v) is 3.56. The Bertz CT molecular complexity index is 225. The van der Waals surface area contributed by atoms with Crippen LogP contribution in [0.3, 0.4) is 0 Å². The van der Waals surface area contributed by atoms with Crippen LogP contribution in [0, 0.1) is 0 Å². The number of phosphoric acid groups is 1. The normalized spacial score (nSPS) is 21.0. The van der Waals surface area contributed by atoms with E-state index in [-0.39, 0.29) is 12.8 Å². The van der Waals surface area contributed by atoms with Crippen molar-refractivity contribution in [1.29, 1.82) is 0 Å². The molecule has 0 aromatic carbocycles. The van der Waals surface area contributed by atoms with Gasteiger partial charge >= 0.3 is 13.8 Å². The van der Waals surface area contributed by atoms with E-state index in [1.54, 1.807) is 0 Å². The number of carbonyl (C=O) groups is 1. The average molecular weight is 182 g/mol. The van der Waals surface area contributed by atoms with Gasteiger partial charge in [0.15, 0.2) is 5.60 Å². The highest BCUT2D eigenvalue weighted by atomic mass is 31.2. The molecular formula is C4H7O6P. The van der Waals surface area contributed by atoms with E-state index in [1.807, 2.05) is 0 Å². The zero-order chi connectivity index (χ0) is 8.70. The summed E-state index contributed by atoms with van der Waals surface area (Å²) in [5, 5.41) is 8.94. The molecule has 1 aliphatic carbocycles. The van der Waals surface area contributed by atoms with Gasteiger partial charge in [-0.3, -0.25) is 9.79 Å². The van der Waals surface area contributed by atoms with Gasteiger partial charge < -0.3 is 9.63 Å². The van der Waals surface area contributed by atoms with E-state index in [1.165, 1.54) is 0 Å². The van der Waals surface area contributed by atoms with Gasteiger partial charge in [-0.25, -0.2) is 9.36 Å². The van der Waals surface area contributed by atoms with Gasteiger partial charge in [0.1, 0.15) is 0 Å². The minimum absolute atomic E-state index is 0.200. The fourth-order valence-electron chi connectivity index (χ4n) is 0.515. The summed E-state index contributed by atoms with van der Waals surface area (Å²) in [4.78, 5) is 26.9. The highest BCUT2D eigenvalue weighted by molar-refractivity contribution is 7.46. The smallest absolute Gasteiger partial charge is 0.378 e. The standard InChI is InChI=1S/C4H7O6P/c5-3(4(6)1-2-4)10-11(7,8)9/h6H,1-2H2,(H2,7,8,9). The Labute approximate surface area is 62.0 Å². The summed E-state index contributed by atoms with van der Waals surface area (Å²) in [7, 11) is -4.79. The zero-order valence-corrected chi connectivity index (χ0v) is 6.32. The Kier molecular flexibility index (Phi) is 1.80. The molecule has 1 rings (SSSR count). The highest BCUT2D eigenvalue weighted by Gasteiger charge is 2.51. The molecule has 0 aromatic heterocycles. The SMILES string of the molecule is O=C(OP(=O)(O)O)C1(O)CC1. The van der Waals surface area contributed by atoms with Crippen LogP contribution in [0.15, 0.2) is 0 Å². The number of hydrogen-bond donors (Lipinski definition) is 3. The lowest BCUT2D eigenvalue weighted by molar-refractivity contribution is -0.147. The highest BCUT2D eigenvalue weighted by Crippen LogP contribution is 2.43. The molecule has 0 atom stereocenters. The van der Waals surface area contributed by atoms with Crippen LogP contribution in [-0.2, 0) is 13.9 Å². The van der Waals surface area contributed by atoms with Crippen LogP contribution in [-0.4, -0.2) is 26.5 Å². The quantitative estimate of drug-likeness (QED) is 0.480. The van der Waals surface area contributed by atoms with Gasteiger partial charge in [-0.05, 0) is 12.8 Å². The van der Waals surface area contributed by atoms with Crippen molar-refractivity contribution < 1.29 is 28.8 Å². The van der Waals surface area contributed by atoms with Crippen molar-refractivity contribution in [3.8, 4) is 0 Å². The molecule has 0 aliphatic heterocycles. The fraction of sp³-hybridized carbons (Fsp3) is 0.750. The minimum Gasteiger partial charge on any atom is -0.378 e. The molecule has 0 radical (unpaired) electrons. The third-order valence-electron chi connectivity index (χ3n) is 1.31. The average Bonchev–Trinajstić information content (AvgIpc) is 2.44. The van der Waals surface area contributed by atoms with E-state index < -0.39 is 19.4 Å². The van der Waals surface area contributed by atoms with Crippen molar-refractivity contribution in [2.45, 2.75) is 18.4 Å². The molecule has 7 heteroatoms. The summed E-state index contributed by atoms with van der Waals surface area (Å²) in [6.45, 7) is 0. The first-order chi connectivity index (χ1) is 4.83. The van der Waals surface area contributed by atoms with Crippen LogP contribution in [0.2, 0.25) is 0 Å². The maximum Gasteiger partial charge on any atom is 0.527 e. The number of aliphatic hydroxyl groups is 1. The van der Waals surface area contributed by atoms with Crippen LogP contribution in [0.5, 0.6) is 0 Å². The van der Waals surface area contributed by atoms with Crippen LogP contribution >= 0.6 is 7.82 Å². The lowest BCUT2D eigenvalue weighted by atomic mass is 10.4. The first kappa shape index (κ1) is 8.67. The molecule has 1 fully saturated rings. The first-order valence-electron chi connectivity index (χ1n) is 2.85. The summed E-state index contributed by atoms with van der Waals surface area (Å²) in [6.07, 6.45) is 0.400. The van der Waals surface area contributed by atoms with Crippen LogP contribution in [0.25, 0.3) is 0 Å². The summed E-state index contributed by atoms with van der Waals surface area (Å²) < 4.78 is 13.7. The molecule has 0 bridgehead atoms. The third-order valence-corrected chi connectivity index (χ3v) is 1.71. The first-order valence-corrected chi connectivity index (χ1v) is 4.38. The van der Waals surface area contributed by atoms with E-state index in [0.717, 1.165) is 0 Å². The third kappa shape index (κ3) is 2.27. The molecule has 1 saturated carbocycles. The van der Waals surface area contributed by atoms with Gasteiger partial charge in [-0.15, -0.1) is 0 Å². The summed E-state index contributed by atoms with van der Waals surface area (Å²) in [5.41, 5.74) is -1.64. The van der Waals surface area contributed by atoms with Gasteiger partial charge in [-0.1, -0.05) is 0 Å². The zero-order valence-electron chi connectivity index (χ0n) is 5.43. The molecule has 0 unspecified atom stereocenters. The molecule has 64 valence electrons. The van der Waals surface area contributed by atoms with Crippen molar-refractivity contribution in [2.24, 2.45) is 0 Å².